The maximum Gasteiger partial charge on any atom is 0.262 e. The lowest BCUT2D eigenvalue weighted by atomic mass is 10.0. The molecule has 0 aliphatic carbocycles. The van der Waals surface area contributed by atoms with Gasteiger partial charge in [0.25, 0.3) is 22.9 Å². The molecular formula is C22H20IN2O+. The molecule has 0 saturated heterocycles. The lowest BCUT2D eigenvalue weighted by Crippen LogP contribution is -2.44. The summed E-state index contributed by atoms with van der Waals surface area (Å²) in [4.78, 5) is 2.25. The van der Waals surface area contributed by atoms with E-state index in [2.05, 4.69) is 110 Å². The summed E-state index contributed by atoms with van der Waals surface area (Å²) in [7, 11) is 2.13. The SMILES string of the molecule is Cc1c([N+]2(I)C=CN(C)[C@@H]2C)ccc2c1oc1cc3ccccc3cc12. The molecule has 1 aliphatic rings. The van der Waals surface area contributed by atoms with Gasteiger partial charge in [-0.3, -0.25) is 0 Å². The number of aryl methyl sites for hydroxylation is 1. The second kappa shape index (κ2) is 5.47. The van der Waals surface area contributed by atoms with Crippen molar-refractivity contribution < 1.29 is 4.42 Å². The van der Waals surface area contributed by atoms with Crippen molar-refractivity contribution in [3.8, 4) is 0 Å². The number of fused-ring (bicyclic) bond motifs is 4. The van der Waals surface area contributed by atoms with E-state index in [-0.39, 0.29) is 0 Å². The Hall–Kier alpha value is -2.05. The fraction of sp³-hybridized carbons (Fsp3) is 0.182. The lowest BCUT2D eigenvalue weighted by Gasteiger charge is -2.31. The van der Waals surface area contributed by atoms with Crippen molar-refractivity contribution >= 4 is 61.3 Å². The molecule has 0 spiro atoms. The first-order valence-corrected chi connectivity index (χ1v) is 9.80. The Morgan fingerprint density at radius 1 is 1.04 bits per heavy atom. The summed E-state index contributed by atoms with van der Waals surface area (Å²) in [6, 6.07) is 17.3. The van der Waals surface area contributed by atoms with Gasteiger partial charge in [-0.1, -0.05) is 24.3 Å². The average molecular weight is 455 g/mol. The Kier molecular flexibility index (Phi) is 3.40. The number of benzene rings is 3. The van der Waals surface area contributed by atoms with Crippen molar-refractivity contribution in [2.45, 2.75) is 20.0 Å². The molecule has 1 unspecified atom stereocenters. The maximum absolute atomic E-state index is 6.35. The molecule has 0 radical (unpaired) electrons. The Morgan fingerprint density at radius 3 is 2.46 bits per heavy atom. The number of rotatable bonds is 1. The smallest absolute Gasteiger partial charge is 0.262 e. The van der Waals surface area contributed by atoms with E-state index in [4.69, 9.17) is 4.42 Å². The predicted octanol–water partition coefficient (Wildman–Crippen LogP) is 6.47. The number of hydrogen-bond donors (Lipinski definition) is 0. The van der Waals surface area contributed by atoms with E-state index in [0.29, 0.717) is 6.17 Å². The number of quaternary nitrogens is 1. The van der Waals surface area contributed by atoms with E-state index < -0.39 is 0 Å². The van der Waals surface area contributed by atoms with Crippen LogP contribution in [-0.2, 0) is 0 Å². The van der Waals surface area contributed by atoms with Crippen LogP contribution in [0, 0.1) is 6.92 Å². The van der Waals surface area contributed by atoms with Crippen LogP contribution in [0.15, 0.2) is 65.3 Å². The summed E-state index contributed by atoms with van der Waals surface area (Å²) in [6.45, 7) is 4.43. The van der Waals surface area contributed by atoms with Gasteiger partial charge < -0.3 is 9.32 Å². The molecule has 2 heterocycles. The standard InChI is InChI=1S/C22H20IN2O/c1-14-20(25(23)11-10-24(3)15(25)2)9-8-18-19-12-16-6-4-5-7-17(16)13-21(19)26-22(14)18/h4-13,15H,1-3H3/q+1/t15-,25?/m0/s1. The molecular weight excluding hydrogens is 435 g/mol. The van der Waals surface area contributed by atoms with Crippen molar-refractivity contribution in [1.29, 1.82) is 0 Å². The highest BCUT2D eigenvalue weighted by atomic mass is 127. The van der Waals surface area contributed by atoms with Crippen molar-refractivity contribution in [2.24, 2.45) is 0 Å². The zero-order valence-corrected chi connectivity index (χ0v) is 17.2. The third kappa shape index (κ3) is 2.09. The van der Waals surface area contributed by atoms with E-state index >= 15 is 0 Å². The molecule has 3 nitrogen and oxygen atoms in total. The van der Waals surface area contributed by atoms with Crippen LogP contribution in [0.5, 0.6) is 0 Å². The third-order valence-corrected chi connectivity index (χ3v) is 7.40. The molecule has 130 valence electrons. The normalized spacial score (nSPS) is 22.9. The number of nitrogens with zero attached hydrogens (tertiary/aromatic N) is 2. The highest BCUT2D eigenvalue weighted by Crippen LogP contribution is 2.44. The van der Waals surface area contributed by atoms with Crippen LogP contribution in [0.25, 0.3) is 32.7 Å². The molecule has 0 fully saturated rings. The summed E-state index contributed by atoms with van der Waals surface area (Å²) in [5, 5.41) is 4.85. The van der Waals surface area contributed by atoms with Gasteiger partial charge in [0, 0.05) is 30.8 Å². The summed E-state index contributed by atoms with van der Waals surface area (Å²) in [5.74, 6) is 0. The van der Waals surface area contributed by atoms with Crippen molar-refractivity contribution in [1.82, 2.24) is 7.60 Å². The number of hydrogen-bond acceptors (Lipinski definition) is 2. The predicted molar refractivity (Wildman–Crippen MR) is 118 cm³/mol. The van der Waals surface area contributed by atoms with Crippen LogP contribution in [-0.4, -0.2) is 18.1 Å². The third-order valence-electron chi connectivity index (χ3n) is 5.75. The first-order chi connectivity index (χ1) is 12.5. The fourth-order valence-corrected chi connectivity index (χ4v) is 5.08. The molecule has 4 aromatic rings. The maximum atomic E-state index is 6.35. The molecule has 1 aromatic heterocycles. The first-order valence-electron chi connectivity index (χ1n) is 8.83. The van der Waals surface area contributed by atoms with Crippen molar-refractivity contribution in [3.63, 3.8) is 0 Å². The van der Waals surface area contributed by atoms with E-state index in [1.165, 1.54) is 32.8 Å². The summed E-state index contributed by atoms with van der Waals surface area (Å²) in [6.07, 6.45) is 4.75. The summed E-state index contributed by atoms with van der Waals surface area (Å²) in [5.41, 5.74) is 4.44. The Bertz CT molecular complexity index is 1210. The minimum absolute atomic E-state index is 0.346. The van der Waals surface area contributed by atoms with Gasteiger partial charge in [-0.2, -0.15) is 2.70 Å². The van der Waals surface area contributed by atoms with Gasteiger partial charge in [-0.25, -0.2) is 0 Å². The number of furan rings is 1. The highest BCUT2D eigenvalue weighted by Gasteiger charge is 2.41. The largest absolute Gasteiger partial charge is 0.456 e. The summed E-state index contributed by atoms with van der Waals surface area (Å²) < 4.78 is 7.08. The molecule has 26 heavy (non-hydrogen) atoms. The highest BCUT2D eigenvalue weighted by molar-refractivity contribution is 14.1. The van der Waals surface area contributed by atoms with Crippen LogP contribution in [0.4, 0.5) is 5.69 Å². The molecule has 2 atom stereocenters. The molecule has 0 bridgehead atoms. The van der Waals surface area contributed by atoms with Crippen LogP contribution in [0.2, 0.25) is 0 Å². The number of halogens is 1. The van der Waals surface area contributed by atoms with Gasteiger partial charge in [0.2, 0.25) is 0 Å². The van der Waals surface area contributed by atoms with Crippen molar-refractivity contribution in [2.75, 3.05) is 7.05 Å². The molecule has 3 aromatic carbocycles. The molecule has 5 rings (SSSR count). The first kappa shape index (κ1) is 16.1. The fourth-order valence-electron chi connectivity index (χ4n) is 4.02. The van der Waals surface area contributed by atoms with E-state index in [9.17, 15) is 0 Å². The van der Waals surface area contributed by atoms with Gasteiger partial charge in [0.15, 0.2) is 11.9 Å². The Morgan fingerprint density at radius 2 is 1.77 bits per heavy atom. The van der Waals surface area contributed by atoms with Crippen LogP contribution >= 0.6 is 22.9 Å². The van der Waals surface area contributed by atoms with E-state index in [1.54, 1.807) is 0 Å². The van der Waals surface area contributed by atoms with Gasteiger partial charge in [-0.15, -0.1) is 0 Å². The zero-order valence-electron chi connectivity index (χ0n) is 15.0. The monoisotopic (exact) mass is 455 g/mol. The molecule has 0 N–H and O–H groups in total. The van der Waals surface area contributed by atoms with E-state index in [1.807, 2.05) is 0 Å². The molecule has 0 amide bonds. The average Bonchev–Trinajstić information content (AvgIpc) is 3.14. The van der Waals surface area contributed by atoms with Crippen molar-refractivity contribution in [3.05, 3.63) is 66.5 Å². The topological polar surface area (TPSA) is 16.4 Å². The molecule has 0 saturated carbocycles. The van der Waals surface area contributed by atoms with E-state index in [0.717, 1.165) is 13.9 Å². The minimum atomic E-state index is 0.346. The van der Waals surface area contributed by atoms with Gasteiger partial charge in [0.05, 0.1) is 11.8 Å². The van der Waals surface area contributed by atoms with Crippen LogP contribution in [0.1, 0.15) is 12.5 Å². The minimum Gasteiger partial charge on any atom is -0.456 e. The second-order valence-electron chi connectivity index (χ2n) is 7.17. The van der Waals surface area contributed by atoms with Gasteiger partial charge >= 0.3 is 0 Å². The molecule has 4 heteroatoms. The quantitative estimate of drug-likeness (QED) is 0.242. The van der Waals surface area contributed by atoms with Gasteiger partial charge in [-0.05, 0) is 35.9 Å². The van der Waals surface area contributed by atoms with Crippen LogP contribution < -0.4 is 2.70 Å². The Labute approximate surface area is 166 Å². The van der Waals surface area contributed by atoms with Crippen LogP contribution in [0.3, 0.4) is 0 Å². The zero-order chi connectivity index (χ0) is 18.1. The van der Waals surface area contributed by atoms with Gasteiger partial charge in [0.1, 0.15) is 17.4 Å². The summed E-state index contributed by atoms with van der Waals surface area (Å²) >= 11 is 2.53. The Balaban J connectivity index is 1.79. The second-order valence-corrected chi connectivity index (χ2v) is 8.76. The lowest BCUT2D eigenvalue weighted by molar-refractivity contribution is 0.299. The molecule has 1 aliphatic heterocycles.